The van der Waals surface area contributed by atoms with Crippen LogP contribution < -0.4 is 10.1 Å². The molecule has 0 radical (unpaired) electrons. The van der Waals surface area contributed by atoms with Crippen molar-refractivity contribution in [3.05, 3.63) is 42.0 Å². The van der Waals surface area contributed by atoms with Crippen molar-refractivity contribution in [2.45, 2.75) is 31.5 Å². The lowest BCUT2D eigenvalue weighted by atomic mass is 9.91. The van der Waals surface area contributed by atoms with Gasteiger partial charge in [-0.1, -0.05) is 12.1 Å². The number of hydrogen-bond acceptors (Lipinski definition) is 6. The number of methoxy groups -OCH3 is 1. The molecule has 0 aliphatic carbocycles. The van der Waals surface area contributed by atoms with E-state index in [2.05, 4.69) is 20.5 Å². The number of carbonyl (C=O) groups is 1. The number of amides is 1. The standard InChI is InChI=1S/C17H23N5O3/c1-25-14-5-2-4-13(8-14)10-22-7-3-6-17(24,16(22)23)11-18-9-15-19-12-20-21-15/h2,4-5,8,12,18,24H,3,6-7,9-11H2,1H3,(H,19,20,21). The third-order valence-corrected chi connectivity index (χ3v) is 4.39. The minimum Gasteiger partial charge on any atom is -0.497 e. The summed E-state index contributed by atoms with van der Waals surface area (Å²) in [6, 6.07) is 7.62. The summed E-state index contributed by atoms with van der Waals surface area (Å²) < 4.78 is 5.22. The summed E-state index contributed by atoms with van der Waals surface area (Å²) >= 11 is 0. The number of nitrogens with one attached hydrogen (secondary N) is 2. The van der Waals surface area contributed by atoms with Crippen LogP contribution in [0, 0.1) is 0 Å². The van der Waals surface area contributed by atoms with Crippen LogP contribution >= 0.6 is 0 Å². The molecular weight excluding hydrogens is 322 g/mol. The molecule has 0 saturated carbocycles. The Kier molecular flexibility index (Phi) is 5.30. The molecule has 2 aromatic rings. The Hall–Kier alpha value is -2.45. The maximum absolute atomic E-state index is 12.8. The van der Waals surface area contributed by atoms with Gasteiger partial charge in [-0.25, -0.2) is 4.98 Å². The maximum atomic E-state index is 12.8. The minimum atomic E-state index is -1.39. The van der Waals surface area contributed by atoms with E-state index in [9.17, 15) is 9.90 Å². The zero-order valence-electron chi connectivity index (χ0n) is 14.2. The normalized spacial score (nSPS) is 20.7. The molecule has 1 amide bonds. The monoisotopic (exact) mass is 345 g/mol. The van der Waals surface area contributed by atoms with Crippen molar-refractivity contribution in [1.29, 1.82) is 0 Å². The molecule has 1 aromatic carbocycles. The highest BCUT2D eigenvalue weighted by molar-refractivity contribution is 5.86. The third kappa shape index (κ3) is 4.15. The number of likely N-dealkylation sites (tertiary alicyclic amines) is 1. The fraction of sp³-hybridized carbons (Fsp3) is 0.471. The van der Waals surface area contributed by atoms with Gasteiger partial charge in [-0.15, -0.1) is 0 Å². The molecule has 1 atom stereocenters. The summed E-state index contributed by atoms with van der Waals surface area (Å²) in [5.74, 6) is 1.18. The lowest BCUT2D eigenvalue weighted by Gasteiger charge is -2.38. The maximum Gasteiger partial charge on any atom is 0.256 e. The van der Waals surface area contributed by atoms with E-state index < -0.39 is 5.60 Å². The number of nitrogens with zero attached hydrogens (tertiary/aromatic N) is 3. The van der Waals surface area contributed by atoms with Crippen molar-refractivity contribution in [1.82, 2.24) is 25.4 Å². The predicted molar refractivity (Wildman–Crippen MR) is 90.7 cm³/mol. The van der Waals surface area contributed by atoms with Gasteiger partial charge >= 0.3 is 0 Å². The molecule has 8 nitrogen and oxygen atoms in total. The molecule has 1 saturated heterocycles. The number of rotatable bonds is 7. The van der Waals surface area contributed by atoms with Crippen LogP contribution in [0.1, 0.15) is 24.2 Å². The average molecular weight is 345 g/mol. The van der Waals surface area contributed by atoms with Crippen molar-refractivity contribution in [2.75, 3.05) is 20.2 Å². The second-order valence-corrected chi connectivity index (χ2v) is 6.25. The largest absolute Gasteiger partial charge is 0.497 e. The number of hydrogen-bond donors (Lipinski definition) is 3. The van der Waals surface area contributed by atoms with Crippen LogP contribution in [0.4, 0.5) is 0 Å². The van der Waals surface area contributed by atoms with Gasteiger partial charge in [-0.3, -0.25) is 9.89 Å². The van der Waals surface area contributed by atoms with Crippen LogP contribution in [0.15, 0.2) is 30.6 Å². The summed E-state index contributed by atoms with van der Waals surface area (Å²) in [5, 5.41) is 20.4. The fourth-order valence-corrected chi connectivity index (χ4v) is 3.07. The second kappa shape index (κ2) is 7.62. The highest BCUT2D eigenvalue weighted by Gasteiger charge is 2.41. The van der Waals surface area contributed by atoms with Crippen molar-refractivity contribution in [3.8, 4) is 5.75 Å². The zero-order valence-corrected chi connectivity index (χ0v) is 14.2. The van der Waals surface area contributed by atoms with Crippen LogP contribution in [0.2, 0.25) is 0 Å². The molecule has 1 aliphatic heterocycles. The van der Waals surface area contributed by atoms with Gasteiger partial charge < -0.3 is 20.1 Å². The lowest BCUT2D eigenvalue weighted by molar-refractivity contribution is -0.157. The first-order chi connectivity index (χ1) is 12.1. The first-order valence-corrected chi connectivity index (χ1v) is 8.30. The summed E-state index contributed by atoms with van der Waals surface area (Å²) in [6.45, 7) is 1.70. The molecule has 25 heavy (non-hydrogen) atoms. The number of aromatic amines is 1. The Morgan fingerprint density at radius 3 is 3.12 bits per heavy atom. The van der Waals surface area contributed by atoms with Gasteiger partial charge in [-0.05, 0) is 30.5 Å². The third-order valence-electron chi connectivity index (χ3n) is 4.39. The van der Waals surface area contributed by atoms with Crippen molar-refractivity contribution >= 4 is 5.91 Å². The van der Waals surface area contributed by atoms with E-state index in [1.165, 1.54) is 6.33 Å². The molecule has 0 bridgehead atoms. The smallest absolute Gasteiger partial charge is 0.256 e. The molecular formula is C17H23N5O3. The van der Waals surface area contributed by atoms with Crippen molar-refractivity contribution in [2.24, 2.45) is 0 Å². The molecule has 3 N–H and O–H groups in total. The Balaban J connectivity index is 1.61. The van der Waals surface area contributed by atoms with Gasteiger partial charge in [0.1, 0.15) is 17.9 Å². The van der Waals surface area contributed by atoms with Gasteiger partial charge in [0.05, 0.1) is 13.7 Å². The van der Waals surface area contributed by atoms with Gasteiger partial charge in [0.25, 0.3) is 5.91 Å². The molecule has 2 heterocycles. The SMILES string of the molecule is COc1cccc(CN2CCCC(O)(CNCc3ncn[nH]3)C2=O)c1. The van der Waals surface area contributed by atoms with Crippen molar-refractivity contribution < 1.29 is 14.6 Å². The van der Waals surface area contributed by atoms with Gasteiger partial charge in [0.2, 0.25) is 0 Å². The number of H-pyrrole nitrogens is 1. The van der Waals surface area contributed by atoms with E-state index in [-0.39, 0.29) is 12.5 Å². The fourth-order valence-electron chi connectivity index (χ4n) is 3.07. The number of aromatic nitrogens is 3. The molecule has 3 rings (SSSR count). The summed E-state index contributed by atoms with van der Waals surface area (Å²) in [5.41, 5.74) is -0.413. The van der Waals surface area contributed by atoms with E-state index in [4.69, 9.17) is 4.74 Å². The Bertz CT molecular complexity index is 706. The van der Waals surface area contributed by atoms with Gasteiger partial charge in [0, 0.05) is 19.6 Å². The molecule has 1 fully saturated rings. The van der Waals surface area contributed by atoms with Crippen LogP contribution in [-0.2, 0) is 17.9 Å². The summed E-state index contributed by atoms with van der Waals surface area (Å²) in [4.78, 5) is 18.5. The zero-order chi connectivity index (χ0) is 17.7. The molecule has 1 aromatic heterocycles. The number of benzene rings is 1. The quantitative estimate of drug-likeness (QED) is 0.673. The molecule has 0 spiro atoms. The summed E-state index contributed by atoms with van der Waals surface area (Å²) in [6.07, 6.45) is 2.63. The summed E-state index contributed by atoms with van der Waals surface area (Å²) in [7, 11) is 1.62. The first kappa shape index (κ1) is 17.4. The Labute approximate surface area is 146 Å². The van der Waals surface area contributed by atoms with Crippen LogP contribution in [0.5, 0.6) is 5.75 Å². The number of aliphatic hydroxyl groups is 1. The van der Waals surface area contributed by atoms with Crippen LogP contribution in [0.3, 0.4) is 0 Å². The second-order valence-electron chi connectivity index (χ2n) is 6.25. The Morgan fingerprint density at radius 1 is 1.48 bits per heavy atom. The highest BCUT2D eigenvalue weighted by Crippen LogP contribution is 2.24. The molecule has 134 valence electrons. The molecule has 1 unspecified atom stereocenters. The average Bonchev–Trinajstić information content (AvgIpc) is 3.13. The van der Waals surface area contributed by atoms with Crippen molar-refractivity contribution in [3.63, 3.8) is 0 Å². The van der Waals surface area contributed by atoms with Gasteiger partial charge in [0.15, 0.2) is 5.60 Å². The predicted octanol–water partition coefficient (Wildman–Crippen LogP) is 0.457. The number of ether oxygens (including phenoxy) is 1. The Morgan fingerprint density at radius 2 is 2.36 bits per heavy atom. The molecule has 1 aliphatic rings. The lowest BCUT2D eigenvalue weighted by Crippen LogP contribution is -2.57. The van der Waals surface area contributed by atoms with E-state index in [0.29, 0.717) is 31.9 Å². The topological polar surface area (TPSA) is 103 Å². The number of carbonyl (C=O) groups excluding carboxylic acids is 1. The van der Waals surface area contributed by atoms with E-state index in [1.54, 1.807) is 12.0 Å². The van der Waals surface area contributed by atoms with Crippen LogP contribution in [-0.4, -0.2) is 56.9 Å². The van der Waals surface area contributed by atoms with Crippen LogP contribution in [0.25, 0.3) is 0 Å². The van der Waals surface area contributed by atoms with E-state index >= 15 is 0 Å². The highest BCUT2D eigenvalue weighted by atomic mass is 16.5. The van der Waals surface area contributed by atoms with Gasteiger partial charge in [-0.2, -0.15) is 5.10 Å². The van der Waals surface area contributed by atoms with E-state index in [0.717, 1.165) is 17.7 Å². The van der Waals surface area contributed by atoms with E-state index in [1.807, 2.05) is 24.3 Å². The molecule has 8 heteroatoms. The minimum absolute atomic E-state index is 0.182. The first-order valence-electron chi connectivity index (χ1n) is 8.30. The number of piperidine rings is 1.